The molecule has 2 N–H and O–H groups in total. The van der Waals surface area contributed by atoms with Gasteiger partial charge in [-0.05, 0) is 30.2 Å². The fourth-order valence-electron chi connectivity index (χ4n) is 2.85. The van der Waals surface area contributed by atoms with Gasteiger partial charge in [0.1, 0.15) is 0 Å². The maximum absolute atomic E-state index is 4.31. The van der Waals surface area contributed by atoms with E-state index in [-0.39, 0.29) is 24.0 Å². The molecule has 26 heavy (non-hydrogen) atoms. The Labute approximate surface area is 173 Å². The van der Waals surface area contributed by atoms with Gasteiger partial charge < -0.3 is 15.5 Å². The minimum atomic E-state index is 0. The summed E-state index contributed by atoms with van der Waals surface area (Å²) in [7, 11) is 1.80. The summed E-state index contributed by atoms with van der Waals surface area (Å²) in [6.07, 6.45) is 4.42. The molecule has 1 aliphatic heterocycles. The second kappa shape index (κ2) is 10.2. The fourth-order valence-corrected chi connectivity index (χ4v) is 2.85. The van der Waals surface area contributed by atoms with Crippen molar-refractivity contribution in [3.8, 4) is 0 Å². The van der Waals surface area contributed by atoms with E-state index < -0.39 is 0 Å². The maximum atomic E-state index is 4.31. The van der Waals surface area contributed by atoms with E-state index in [0.717, 1.165) is 32.1 Å². The van der Waals surface area contributed by atoms with Crippen LogP contribution in [0.5, 0.6) is 0 Å². The number of anilines is 1. The summed E-state index contributed by atoms with van der Waals surface area (Å²) in [6, 6.07) is 17.2. The van der Waals surface area contributed by atoms with Gasteiger partial charge in [-0.3, -0.25) is 4.99 Å². The van der Waals surface area contributed by atoms with Crippen LogP contribution in [0.4, 0.5) is 5.69 Å². The van der Waals surface area contributed by atoms with Crippen molar-refractivity contribution < 1.29 is 0 Å². The average Bonchev–Trinajstić information content (AvgIpc) is 3.18. The monoisotopic (exact) mass is 462 g/mol. The smallest absolute Gasteiger partial charge is 0.191 e. The van der Waals surface area contributed by atoms with E-state index in [2.05, 4.69) is 88.1 Å². The van der Waals surface area contributed by atoms with Crippen LogP contribution in [0.3, 0.4) is 0 Å². The summed E-state index contributed by atoms with van der Waals surface area (Å²) in [5.74, 6) is 0.814. The van der Waals surface area contributed by atoms with Crippen molar-refractivity contribution in [3.63, 3.8) is 0 Å². The van der Waals surface area contributed by atoms with E-state index in [1.807, 2.05) is 0 Å². The molecule has 0 atom stereocenters. The highest BCUT2D eigenvalue weighted by Crippen LogP contribution is 2.18. The zero-order valence-corrected chi connectivity index (χ0v) is 17.7. The number of nitrogens with zero attached hydrogens (tertiary/aromatic N) is 2. The van der Waals surface area contributed by atoms with Crippen molar-refractivity contribution in [2.75, 3.05) is 25.0 Å². The second-order valence-corrected chi connectivity index (χ2v) is 6.31. The van der Waals surface area contributed by atoms with Gasteiger partial charge in [-0.1, -0.05) is 54.1 Å². The highest BCUT2D eigenvalue weighted by Gasteiger charge is 2.08. The highest BCUT2D eigenvalue weighted by atomic mass is 127. The third-order valence-electron chi connectivity index (χ3n) is 4.36. The zero-order chi connectivity index (χ0) is 17.5. The van der Waals surface area contributed by atoms with Gasteiger partial charge >= 0.3 is 0 Å². The Hall–Kier alpha value is -2.02. The molecule has 0 amide bonds. The largest absolute Gasteiger partial charge is 0.364 e. The third kappa shape index (κ3) is 5.76. The first-order chi connectivity index (χ1) is 12.2. The van der Waals surface area contributed by atoms with Gasteiger partial charge in [-0.15, -0.1) is 24.0 Å². The lowest BCUT2D eigenvalue weighted by molar-refractivity contribution is 0.808. The lowest BCUT2D eigenvalue weighted by Gasteiger charge is -2.19. The molecule has 0 bridgehead atoms. The van der Waals surface area contributed by atoms with E-state index in [9.17, 15) is 0 Å². The number of nitrogens with one attached hydrogen (secondary N) is 2. The fraction of sp³-hybridized carbons (Fsp3) is 0.286. The Morgan fingerprint density at radius 3 is 2.27 bits per heavy atom. The Balaban J connectivity index is 0.00000243. The van der Waals surface area contributed by atoms with Crippen molar-refractivity contribution in [2.45, 2.75) is 20.0 Å². The second-order valence-electron chi connectivity index (χ2n) is 6.31. The number of guanidine groups is 1. The van der Waals surface area contributed by atoms with E-state index in [0.29, 0.717) is 0 Å². The molecule has 5 heteroatoms. The highest BCUT2D eigenvalue weighted by molar-refractivity contribution is 14.0. The first kappa shape index (κ1) is 20.3. The maximum Gasteiger partial charge on any atom is 0.191 e. The van der Waals surface area contributed by atoms with Crippen LogP contribution in [-0.4, -0.2) is 26.1 Å². The minimum Gasteiger partial charge on any atom is -0.364 e. The molecule has 2 aromatic carbocycles. The Bertz CT molecular complexity index is 745. The van der Waals surface area contributed by atoms with Crippen LogP contribution in [0.1, 0.15) is 16.7 Å². The minimum absolute atomic E-state index is 0. The van der Waals surface area contributed by atoms with Crippen LogP contribution in [0.25, 0.3) is 0 Å². The van der Waals surface area contributed by atoms with Gasteiger partial charge in [0, 0.05) is 38.9 Å². The van der Waals surface area contributed by atoms with Crippen LogP contribution in [-0.2, 0) is 13.1 Å². The van der Waals surface area contributed by atoms with Gasteiger partial charge in [-0.2, -0.15) is 0 Å². The molecule has 138 valence electrons. The van der Waals surface area contributed by atoms with E-state index in [4.69, 9.17) is 0 Å². The lowest BCUT2D eigenvalue weighted by atomic mass is 10.1. The number of aryl methyl sites for hydroxylation is 1. The SMILES string of the molecule is CN=C(NCc1ccc(C)cc1)NCc1cccc(N2CC=CC2)c1.I. The van der Waals surface area contributed by atoms with Crippen molar-refractivity contribution in [2.24, 2.45) is 4.99 Å². The molecule has 1 aliphatic rings. The van der Waals surface area contributed by atoms with Crippen LogP contribution in [0.15, 0.2) is 65.7 Å². The number of halogens is 1. The van der Waals surface area contributed by atoms with E-state index in [1.165, 1.54) is 22.4 Å². The lowest BCUT2D eigenvalue weighted by Crippen LogP contribution is -2.36. The number of hydrogen-bond acceptors (Lipinski definition) is 2. The molecular weight excluding hydrogens is 435 g/mol. The number of hydrogen-bond donors (Lipinski definition) is 2. The first-order valence-corrected chi connectivity index (χ1v) is 8.73. The molecule has 0 aromatic heterocycles. The summed E-state index contributed by atoms with van der Waals surface area (Å²) < 4.78 is 0. The normalized spacial score (nSPS) is 13.5. The topological polar surface area (TPSA) is 39.7 Å². The Morgan fingerprint density at radius 1 is 0.962 bits per heavy atom. The Morgan fingerprint density at radius 2 is 1.62 bits per heavy atom. The molecule has 2 aromatic rings. The van der Waals surface area contributed by atoms with Crippen LogP contribution in [0, 0.1) is 6.92 Å². The van der Waals surface area contributed by atoms with Crippen molar-refractivity contribution in [1.29, 1.82) is 0 Å². The molecule has 0 unspecified atom stereocenters. The molecule has 0 saturated carbocycles. The van der Waals surface area contributed by atoms with Crippen LogP contribution in [0.2, 0.25) is 0 Å². The van der Waals surface area contributed by atoms with Gasteiger partial charge in [0.25, 0.3) is 0 Å². The van der Waals surface area contributed by atoms with Crippen molar-refractivity contribution in [1.82, 2.24) is 10.6 Å². The molecule has 0 aliphatic carbocycles. The number of benzene rings is 2. The van der Waals surface area contributed by atoms with Crippen LogP contribution < -0.4 is 15.5 Å². The summed E-state index contributed by atoms with van der Waals surface area (Å²) in [6.45, 7) is 5.61. The third-order valence-corrected chi connectivity index (χ3v) is 4.36. The molecular formula is C21H27IN4. The Kier molecular flexibility index (Phi) is 7.97. The summed E-state index contributed by atoms with van der Waals surface area (Å²) in [4.78, 5) is 6.66. The van der Waals surface area contributed by atoms with Gasteiger partial charge in [0.15, 0.2) is 5.96 Å². The standard InChI is InChI=1S/C21H26N4.HI/c1-17-8-10-18(11-9-17)15-23-21(22-2)24-16-19-6-5-7-20(14-19)25-12-3-4-13-25;/h3-11,14H,12-13,15-16H2,1-2H3,(H2,22,23,24);1H. The summed E-state index contributed by atoms with van der Waals surface area (Å²) in [5, 5.41) is 6.75. The molecule has 0 spiro atoms. The molecule has 0 fully saturated rings. The van der Waals surface area contributed by atoms with Gasteiger partial charge in [0.2, 0.25) is 0 Å². The molecule has 1 heterocycles. The quantitative estimate of drug-likeness (QED) is 0.307. The molecule has 3 rings (SSSR count). The molecule has 0 radical (unpaired) electrons. The van der Waals surface area contributed by atoms with E-state index >= 15 is 0 Å². The average molecular weight is 462 g/mol. The summed E-state index contributed by atoms with van der Waals surface area (Å²) >= 11 is 0. The first-order valence-electron chi connectivity index (χ1n) is 8.73. The van der Waals surface area contributed by atoms with Crippen molar-refractivity contribution >= 4 is 35.6 Å². The van der Waals surface area contributed by atoms with Gasteiger partial charge in [0.05, 0.1) is 0 Å². The number of rotatable bonds is 5. The van der Waals surface area contributed by atoms with E-state index in [1.54, 1.807) is 7.05 Å². The zero-order valence-electron chi connectivity index (χ0n) is 15.4. The van der Waals surface area contributed by atoms with Crippen LogP contribution >= 0.6 is 24.0 Å². The number of aliphatic imine (C=N–C) groups is 1. The molecule has 4 nitrogen and oxygen atoms in total. The predicted molar refractivity (Wildman–Crippen MR) is 121 cm³/mol. The summed E-state index contributed by atoms with van der Waals surface area (Å²) in [5.41, 5.74) is 5.05. The van der Waals surface area contributed by atoms with Crippen molar-refractivity contribution in [3.05, 3.63) is 77.4 Å². The van der Waals surface area contributed by atoms with Gasteiger partial charge in [-0.25, -0.2) is 0 Å². The predicted octanol–water partition coefficient (Wildman–Crippen LogP) is 3.85. The molecule has 0 saturated heterocycles.